The number of aromatic hydroxyl groups is 2. The van der Waals surface area contributed by atoms with E-state index in [1.54, 1.807) is 30.3 Å². The molecule has 0 atom stereocenters. The lowest BCUT2D eigenvalue weighted by Gasteiger charge is -2.07. The molecule has 0 spiro atoms. The molecule has 0 saturated carbocycles. The van der Waals surface area contributed by atoms with Crippen molar-refractivity contribution < 1.29 is 24.6 Å². The van der Waals surface area contributed by atoms with E-state index >= 15 is 0 Å². The number of carbonyl (C=O) groups is 3. The van der Waals surface area contributed by atoms with Crippen molar-refractivity contribution in [3.8, 4) is 11.5 Å². The van der Waals surface area contributed by atoms with Crippen LogP contribution in [-0.4, -0.2) is 34.5 Å². The average Bonchev–Trinajstić information content (AvgIpc) is 2.70. The first-order valence-electron chi connectivity index (χ1n) is 9.67. The molecular formula is C22H26N2O5. The number of unbranched alkanes of at least 4 members (excludes halogenated alkanes) is 4. The Hall–Kier alpha value is -3.35. The number of amides is 3. The molecule has 0 aliphatic rings. The van der Waals surface area contributed by atoms with E-state index in [0.29, 0.717) is 13.0 Å². The molecule has 0 radical (unpaired) electrons. The van der Waals surface area contributed by atoms with Gasteiger partial charge in [0.2, 0.25) is 5.91 Å². The zero-order chi connectivity index (χ0) is 21.1. The molecule has 0 saturated heterocycles. The molecule has 154 valence electrons. The first-order chi connectivity index (χ1) is 14.0. The van der Waals surface area contributed by atoms with E-state index in [2.05, 4.69) is 10.6 Å². The van der Waals surface area contributed by atoms with Gasteiger partial charge in [-0.05, 0) is 37.1 Å². The third-order valence-corrected chi connectivity index (χ3v) is 4.42. The second kappa shape index (κ2) is 11.5. The van der Waals surface area contributed by atoms with Crippen molar-refractivity contribution in [3.63, 3.8) is 0 Å². The van der Waals surface area contributed by atoms with Crippen LogP contribution in [0.2, 0.25) is 0 Å². The number of benzene rings is 2. The van der Waals surface area contributed by atoms with E-state index in [1.165, 1.54) is 18.2 Å². The number of rotatable bonds is 10. The molecule has 7 heteroatoms. The minimum atomic E-state index is -0.603. The average molecular weight is 398 g/mol. The predicted octanol–water partition coefficient (Wildman–Crippen LogP) is 3.12. The van der Waals surface area contributed by atoms with E-state index in [0.717, 1.165) is 25.7 Å². The van der Waals surface area contributed by atoms with Gasteiger partial charge < -0.3 is 15.5 Å². The molecule has 2 aromatic rings. The topological polar surface area (TPSA) is 116 Å². The molecule has 0 heterocycles. The largest absolute Gasteiger partial charge is 0.507 e. The van der Waals surface area contributed by atoms with Crippen molar-refractivity contribution in [2.45, 2.75) is 38.5 Å². The fourth-order valence-corrected chi connectivity index (χ4v) is 2.83. The number of hydrogen-bond acceptors (Lipinski definition) is 5. The number of carbonyl (C=O) groups excluding carboxylic acids is 3. The highest BCUT2D eigenvalue weighted by molar-refractivity contribution is 6.06. The number of imide groups is 1. The Labute approximate surface area is 169 Å². The molecule has 2 aromatic carbocycles. The van der Waals surface area contributed by atoms with Gasteiger partial charge in [0.05, 0.1) is 11.1 Å². The van der Waals surface area contributed by atoms with E-state index < -0.39 is 5.91 Å². The first kappa shape index (κ1) is 21.9. The number of phenols is 2. The quantitative estimate of drug-likeness (QED) is 0.459. The third kappa shape index (κ3) is 7.29. The molecule has 0 aliphatic carbocycles. The minimum absolute atomic E-state index is 0.0377. The summed E-state index contributed by atoms with van der Waals surface area (Å²) in [7, 11) is 0. The number of para-hydroxylation sites is 2. The van der Waals surface area contributed by atoms with Crippen molar-refractivity contribution in [2.75, 3.05) is 6.54 Å². The number of hydrogen-bond donors (Lipinski definition) is 4. The van der Waals surface area contributed by atoms with Gasteiger partial charge >= 0.3 is 0 Å². The van der Waals surface area contributed by atoms with Crippen LogP contribution in [0.4, 0.5) is 0 Å². The Morgan fingerprint density at radius 2 is 1.21 bits per heavy atom. The van der Waals surface area contributed by atoms with Gasteiger partial charge in [-0.3, -0.25) is 19.7 Å². The second-order valence-corrected chi connectivity index (χ2v) is 6.69. The standard InChI is InChI=1S/C22H26N2O5/c25-18-12-7-5-10-16(18)21(28)23-15-9-3-1-2-4-14-20(27)24-22(29)17-11-6-8-13-19(17)26/h5-8,10-13,25-26H,1-4,9,14-15H2,(H,23,28)(H,24,27,29). The highest BCUT2D eigenvalue weighted by Gasteiger charge is 2.13. The summed E-state index contributed by atoms with van der Waals surface area (Å²) in [5.74, 6) is -1.47. The van der Waals surface area contributed by atoms with Crippen molar-refractivity contribution in [2.24, 2.45) is 0 Å². The fraction of sp³-hybridized carbons (Fsp3) is 0.318. The van der Waals surface area contributed by atoms with E-state index in [4.69, 9.17) is 0 Å². The normalized spacial score (nSPS) is 10.3. The Morgan fingerprint density at radius 3 is 1.83 bits per heavy atom. The van der Waals surface area contributed by atoms with Crippen LogP contribution in [0, 0.1) is 0 Å². The summed E-state index contributed by atoms with van der Waals surface area (Å²) >= 11 is 0. The molecule has 29 heavy (non-hydrogen) atoms. The highest BCUT2D eigenvalue weighted by atomic mass is 16.3. The van der Waals surface area contributed by atoms with Crippen molar-refractivity contribution in [1.82, 2.24) is 10.6 Å². The lowest BCUT2D eigenvalue weighted by molar-refractivity contribution is -0.120. The maximum atomic E-state index is 11.9. The van der Waals surface area contributed by atoms with Crippen LogP contribution in [-0.2, 0) is 4.79 Å². The van der Waals surface area contributed by atoms with Gasteiger partial charge in [-0.25, -0.2) is 0 Å². The Morgan fingerprint density at radius 1 is 0.690 bits per heavy atom. The maximum Gasteiger partial charge on any atom is 0.261 e. The molecule has 0 aromatic heterocycles. The van der Waals surface area contributed by atoms with Gasteiger partial charge in [-0.2, -0.15) is 0 Å². The first-order valence-corrected chi connectivity index (χ1v) is 9.67. The van der Waals surface area contributed by atoms with Crippen LogP contribution in [0.25, 0.3) is 0 Å². The molecule has 0 aliphatic heterocycles. The predicted molar refractivity (Wildman–Crippen MR) is 109 cm³/mol. The SMILES string of the molecule is O=C(CCCCCCCNC(=O)c1ccccc1O)NC(=O)c1ccccc1O. The summed E-state index contributed by atoms with van der Waals surface area (Å²) in [6, 6.07) is 12.5. The number of phenolic OH excluding ortho intramolecular Hbond substituents is 2. The molecule has 0 bridgehead atoms. The zero-order valence-corrected chi connectivity index (χ0v) is 16.2. The highest BCUT2D eigenvalue weighted by Crippen LogP contribution is 2.16. The second-order valence-electron chi connectivity index (χ2n) is 6.69. The number of nitrogens with one attached hydrogen (secondary N) is 2. The summed E-state index contributed by atoms with van der Waals surface area (Å²) in [5.41, 5.74) is 0.337. The molecule has 0 fully saturated rings. The van der Waals surface area contributed by atoms with Crippen molar-refractivity contribution in [3.05, 3.63) is 59.7 Å². The van der Waals surface area contributed by atoms with Crippen LogP contribution < -0.4 is 10.6 Å². The third-order valence-electron chi connectivity index (χ3n) is 4.42. The van der Waals surface area contributed by atoms with Crippen molar-refractivity contribution in [1.29, 1.82) is 0 Å². The van der Waals surface area contributed by atoms with Crippen LogP contribution in [0.5, 0.6) is 11.5 Å². The van der Waals surface area contributed by atoms with Crippen LogP contribution in [0.1, 0.15) is 59.2 Å². The van der Waals surface area contributed by atoms with Gasteiger partial charge in [-0.15, -0.1) is 0 Å². The molecule has 0 unspecified atom stereocenters. The van der Waals surface area contributed by atoms with Crippen LogP contribution >= 0.6 is 0 Å². The van der Waals surface area contributed by atoms with Crippen molar-refractivity contribution >= 4 is 17.7 Å². The molecule has 4 N–H and O–H groups in total. The minimum Gasteiger partial charge on any atom is -0.507 e. The summed E-state index contributed by atoms with van der Waals surface area (Å²) in [6.45, 7) is 0.517. The monoisotopic (exact) mass is 398 g/mol. The zero-order valence-electron chi connectivity index (χ0n) is 16.2. The molecule has 7 nitrogen and oxygen atoms in total. The summed E-state index contributed by atoms with van der Waals surface area (Å²) < 4.78 is 0. The van der Waals surface area contributed by atoms with E-state index in [9.17, 15) is 24.6 Å². The van der Waals surface area contributed by atoms with Gasteiger partial charge in [0, 0.05) is 13.0 Å². The van der Waals surface area contributed by atoms with Gasteiger partial charge in [-0.1, -0.05) is 43.5 Å². The van der Waals surface area contributed by atoms with Gasteiger partial charge in [0.1, 0.15) is 11.5 Å². The Bertz CT molecular complexity index is 851. The summed E-state index contributed by atoms with van der Waals surface area (Å²) in [6.07, 6.45) is 4.35. The van der Waals surface area contributed by atoms with Gasteiger partial charge in [0.25, 0.3) is 11.8 Å². The lowest BCUT2D eigenvalue weighted by Crippen LogP contribution is -2.30. The lowest BCUT2D eigenvalue weighted by atomic mass is 10.1. The molecular weight excluding hydrogens is 372 g/mol. The van der Waals surface area contributed by atoms with Crippen LogP contribution in [0.3, 0.4) is 0 Å². The fourth-order valence-electron chi connectivity index (χ4n) is 2.83. The van der Waals surface area contributed by atoms with E-state index in [1.807, 2.05) is 0 Å². The summed E-state index contributed by atoms with van der Waals surface area (Å²) in [5, 5.41) is 24.3. The Balaban J connectivity index is 1.53. The smallest absolute Gasteiger partial charge is 0.261 e. The molecule has 3 amide bonds. The van der Waals surface area contributed by atoms with Gasteiger partial charge in [0.15, 0.2) is 0 Å². The summed E-state index contributed by atoms with van der Waals surface area (Å²) in [4.78, 5) is 35.7. The Kier molecular flexibility index (Phi) is 8.69. The van der Waals surface area contributed by atoms with E-state index in [-0.39, 0.29) is 40.9 Å². The maximum absolute atomic E-state index is 11.9. The molecule has 2 rings (SSSR count). The van der Waals surface area contributed by atoms with Crippen LogP contribution in [0.15, 0.2) is 48.5 Å².